The number of hydrogen-bond acceptors (Lipinski definition) is 3. The molecule has 2 aromatic rings. The summed E-state index contributed by atoms with van der Waals surface area (Å²) in [6.07, 6.45) is 9.83. The number of nitriles is 1. The van der Waals surface area contributed by atoms with Gasteiger partial charge in [0.25, 0.3) is 0 Å². The SMILES string of the molecule is CCCCC1CC=C(c2ccc(C(=O)Oc3ccc(C#N)cc3)cc2)CC1. The summed E-state index contributed by atoms with van der Waals surface area (Å²) in [4.78, 5) is 12.3. The van der Waals surface area contributed by atoms with Gasteiger partial charge in [-0.25, -0.2) is 4.79 Å². The average Bonchev–Trinajstić information content (AvgIpc) is 2.73. The Morgan fingerprint density at radius 1 is 1.15 bits per heavy atom. The van der Waals surface area contributed by atoms with Crippen LogP contribution in [0, 0.1) is 17.2 Å². The number of esters is 1. The third-order valence-corrected chi connectivity index (χ3v) is 5.17. The molecular formula is C24H25NO2. The molecule has 0 spiro atoms. The number of unbranched alkanes of at least 4 members (excludes halogenated alkanes) is 1. The van der Waals surface area contributed by atoms with Crippen LogP contribution in [0.5, 0.6) is 5.75 Å². The molecule has 0 fully saturated rings. The molecular weight excluding hydrogens is 334 g/mol. The van der Waals surface area contributed by atoms with Crippen molar-refractivity contribution in [2.75, 3.05) is 0 Å². The Balaban J connectivity index is 1.60. The van der Waals surface area contributed by atoms with Gasteiger partial charge in [0, 0.05) is 0 Å². The van der Waals surface area contributed by atoms with Crippen molar-refractivity contribution in [3.63, 3.8) is 0 Å². The third-order valence-electron chi connectivity index (χ3n) is 5.17. The minimum atomic E-state index is -0.386. The van der Waals surface area contributed by atoms with Crippen LogP contribution < -0.4 is 4.74 Å². The number of hydrogen-bond donors (Lipinski definition) is 0. The van der Waals surface area contributed by atoms with Crippen molar-refractivity contribution in [1.82, 2.24) is 0 Å². The molecule has 0 N–H and O–H groups in total. The first-order valence-corrected chi connectivity index (χ1v) is 9.71. The Labute approximate surface area is 161 Å². The Hall–Kier alpha value is -2.86. The molecule has 2 aromatic carbocycles. The standard InChI is InChI=1S/C24H25NO2/c1-2-3-4-18-5-9-20(10-6-18)21-11-13-22(14-12-21)24(26)27-23-15-7-19(17-25)8-16-23/h7-9,11-16,18H,2-6,10H2,1H3. The summed E-state index contributed by atoms with van der Waals surface area (Å²) in [5.74, 6) is 0.884. The lowest BCUT2D eigenvalue weighted by atomic mass is 9.84. The Morgan fingerprint density at radius 3 is 2.48 bits per heavy atom. The maximum atomic E-state index is 12.3. The molecule has 0 amide bonds. The molecule has 0 bridgehead atoms. The molecule has 0 radical (unpaired) electrons. The van der Waals surface area contributed by atoms with Crippen molar-refractivity contribution in [1.29, 1.82) is 5.26 Å². The van der Waals surface area contributed by atoms with Gasteiger partial charge in [0.05, 0.1) is 17.2 Å². The zero-order chi connectivity index (χ0) is 19.1. The molecule has 0 heterocycles. The quantitative estimate of drug-likeness (QED) is 0.459. The van der Waals surface area contributed by atoms with E-state index >= 15 is 0 Å². The third kappa shape index (κ3) is 5.08. The number of carbonyl (C=O) groups excluding carboxylic acids is 1. The fourth-order valence-corrected chi connectivity index (χ4v) is 3.49. The number of ether oxygens (including phenoxy) is 1. The van der Waals surface area contributed by atoms with E-state index in [1.807, 2.05) is 30.3 Å². The molecule has 1 aliphatic rings. The highest BCUT2D eigenvalue weighted by Gasteiger charge is 2.16. The maximum absolute atomic E-state index is 12.3. The van der Waals surface area contributed by atoms with Crippen LogP contribution in [0.2, 0.25) is 0 Å². The van der Waals surface area contributed by atoms with Crippen LogP contribution in [0.25, 0.3) is 5.57 Å². The Kier molecular flexibility index (Phi) is 6.44. The molecule has 3 rings (SSSR count). The number of nitrogens with zero attached hydrogens (tertiary/aromatic N) is 1. The molecule has 0 saturated carbocycles. The van der Waals surface area contributed by atoms with Crippen LogP contribution in [0.3, 0.4) is 0 Å². The van der Waals surface area contributed by atoms with Crippen LogP contribution in [-0.4, -0.2) is 5.97 Å². The van der Waals surface area contributed by atoms with Gasteiger partial charge in [0.15, 0.2) is 0 Å². The van der Waals surface area contributed by atoms with Crippen molar-refractivity contribution < 1.29 is 9.53 Å². The molecule has 0 saturated heterocycles. The first-order valence-electron chi connectivity index (χ1n) is 9.71. The first kappa shape index (κ1) is 18.9. The summed E-state index contributed by atoms with van der Waals surface area (Å²) >= 11 is 0. The smallest absolute Gasteiger partial charge is 0.343 e. The Bertz CT molecular complexity index is 841. The zero-order valence-corrected chi connectivity index (χ0v) is 15.8. The topological polar surface area (TPSA) is 50.1 Å². The lowest BCUT2D eigenvalue weighted by Crippen LogP contribution is -2.09. The predicted octanol–water partition coefficient (Wildman–Crippen LogP) is 6.15. The van der Waals surface area contributed by atoms with Gasteiger partial charge >= 0.3 is 5.97 Å². The van der Waals surface area contributed by atoms with E-state index in [9.17, 15) is 4.79 Å². The summed E-state index contributed by atoms with van der Waals surface area (Å²) in [5.41, 5.74) is 3.64. The van der Waals surface area contributed by atoms with Crippen LogP contribution in [0.1, 0.15) is 66.9 Å². The number of allylic oxidation sites excluding steroid dienone is 2. The summed E-state index contributed by atoms with van der Waals surface area (Å²) in [7, 11) is 0. The number of benzene rings is 2. The normalized spacial score (nSPS) is 16.3. The number of rotatable bonds is 6. The van der Waals surface area contributed by atoms with Gasteiger partial charge in [-0.1, -0.05) is 44.4 Å². The van der Waals surface area contributed by atoms with Gasteiger partial charge in [-0.2, -0.15) is 5.26 Å². The molecule has 3 nitrogen and oxygen atoms in total. The minimum Gasteiger partial charge on any atom is -0.423 e. The largest absolute Gasteiger partial charge is 0.423 e. The zero-order valence-electron chi connectivity index (χ0n) is 15.8. The molecule has 138 valence electrons. The van der Waals surface area contributed by atoms with Crippen LogP contribution in [0.4, 0.5) is 0 Å². The van der Waals surface area contributed by atoms with Crippen molar-refractivity contribution in [3.05, 3.63) is 71.3 Å². The van der Waals surface area contributed by atoms with Crippen molar-refractivity contribution >= 4 is 11.5 Å². The van der Waals surface area contributed by atoms with Crippen LogP contribution >= 0.6 is 0 Å². The average molecular weight is 359 g/mol. The van der Waals surface area contributed by atoms with E-state index < -0.39 is 0 Å². The number of carbonyl (C=O) groups is 1. The van der Waals surface area contributed by atoms with Gasteiger partial charge in [-0.3, -0.25) is 0 Å². The fourth-order valence-electron chi connectivity index (χ4n) is 3.49. The molecule has 3 heteroatoms. The van der Waals surface area contributed by atoms with Crippen molar-refractivity contribution in [2.45, 2.75) is 45.4 Å². The van der Waals surface area contributed by atoms with E-state index in [0.29, 0.717) is 16.9 Å². The molecule has 27 heavy (non-hydrogen) atoms. The van der Waals surface area contributed by atoms with Gasteiger partial charge in [0.1, 0.15) is 5.75 Å². The van der Waals surface area contributed by atoms with E-state index in [4.69, 9.17) is 10.00 Å². The van der Waals surface area contributed by atoms with E-state index in [0.717, 1.165) is 18.8 Å². The van der Waals surface area contributed by atoms with Crippen molar-refractivity contribution in [2.24, 2.45) is 5.92 Å². The minimum absolute atomic E-state index is 0.386. The first-order chi connectivity index (χ1) is 13.2. The second kappa shape index (κ2) is 9.19. The maximum Gasteiger partial charge on any atom is 0.343 e. The fraction of sp³-hybridized carbons (Fsp3) is 0.333. The molecule has 1 aliphatic carbocycles. The molecule has 1 unspecified atom stereocenters. The van der Waals surface area contributed by atoms with E-state index in [2.05, 4.69) is 13.0 Å². The summed E-state index contributed by atoms with van der Waals surface area (Å²) in [5, 5.41) is 8.81. The molecule has 1 atom stereocenters. The van der Waals surface area contributed by atoms with Gasteiger partial charge in [-0.05, 0) is 72.7 Å². The summed E-state index contributed by atoms with van der Waals surface area (Å²) in [6, 6.07) is 16.2. The molecule has 0 aliphatic heterocycles. The van der Waals surface area contributed by atoms with E-state index in [1.54, 1.807) is 24.3 Å². The second-order valence-electron chi connectivity index (χ2n) is 7.12. The highest BCUT2D eigenvalue weighted by Crippen LogP contribution is 2.32. The van der Waals surface area contributed by atoms with Gasteiger partial charge in [0.2, 0.25) is 0 Å². The predicted molar refractivity (Wildman–Crippen MR) is 107 cm³/mol. The van der Waals surface area contributed by atoms with Gasteiger partial charge < -0.3 is 4.74 Å². The lowest BCUT2D eigenvalue weighted by Gasteiger charge is -2.22. The van der Waals surface area contributed by atoms with Crippen molar-refractivity contribution in [3.8, 4) is 11.8 Å². The van der Waals surface area contributed by atoms with E-state index in [-0.39, 0.29) is 5.97 Å². The van der Waals surface area contributed by atoms with Crippen LogP contribution in [-0.2, 0) is 0 Å². The second-order valence-corrected chi connectivity index (χ2v) is 7.12. The highest BCUT2D eigenvalue weighted by molar-refractivity contribution is 5.91. The van der Waals surface area contributed by atoms with Crippen LogP contribution in [0.15, 0.2) is 54.6 Å². The molecule has 0 aromatic heterocycles. The lowest BCUT2D eigenvalue weighted by molar-refractivity contribution is 0.0735. The monoisotopic (exact) mass is 359 g/mol. The van der Waals surface area contributed by atoms with E-state index in [1.165, 1.54) is 36.8 Å². The summed E-state index contributed by atoms with van der Waals surface area (Å²) < 4.78 is 5.37. The highest BCUT2D eigenvalue weighted by atomic mass is 16.5. The summed E-state index contributed by atoms with van der Waals surface area (Å²) in [6.45, 7) is 2.25. The van der Waals surface area contributed by atoms with Gasteiger partial charge in [-0.15, -0.1) is 0 Å². The Morgan fingerprint density at radius 2 is 1.89 bits per heavy atom.